The number of ether oxygens (including phenoxy) is 2. The predicted molar refractivity (Wildman–Crippen MR) is 110 cm³/mol. The van der Waals surface area contributed by atoms with Crippen LogP contribution in [0.2, 0.25) is 5.02 Å². The molecule has 0 radical (unpaired) electrons. The standard InChI is InChI=1S/C20H16BrClN2O4/c1-2-27-19(25)12-28-18-7-6-15(21)9-13(18)8-14(11-23)20(26)24-17-5-3-4-16(22)10-17/h3-10H,2,12H2,1H3,(H,24,26)/b14-8+. The minimum absolute atomic E-state index is 0.140. The molecule has 0 fully saturated rings. The van der Waals surface area contributed by atoms with Crippen molar-refractivity contribution in [2.75, 3.05) is 18.5 Å². The van der Waals surface area contributed by atoms with Crippen LogP contribution in [0.3, 0.4) is 0 Å². The first-order valence-electron chi connectivity index (χ1n) is 8.19. The summed E-state index contributed by atoms with van der Waals surface area (Å²) in [6.45, 7) is 1.66. The van der Waals surface area contributed by atoms with Crippen molar-refractivity contribution in [2.24, 2.45) is 0 Å². The van der Waals surface area contributed by atoms with Gasteiger partial charge in [0.25, 0.3) is 5.91 Å². The van der Waals surface area contributed by atoms with Crippen molar-refractivity contribution in [2.45, 2.75) is 6.92 Å². The summed E-state index contributed by atoms with van der Waals surface area (Å²) in [6.07, 6.45) is 1.38. The van der Waals surface area contributed by atoms with E-state index in [2.05, 4.69) is 21.2 Å². The highest BCUT2D eigenvalue weighted by Gasteiger charge is 2.13. The van der Waals surface area contributed by atoms with E-state index in [-0.39, 0.29) is 18.8 Å². The molecule has 0 aliphatic carbocycles. The normalized spacial score (nSPS) is 10.7. The minimum Gasteiger partial charge on any atom is -0.481 e. The molecule has 1 amide bonds. The fraction of sp³-hybridized carbons (Fsp3) is 0.150. The predicted octanol–water partition coefficient (Wildman–Crippen LogP) is 4.59. The summed E-state index contributed by atoms with van der Waals surface area (Å²) < 4.78 is 11.0. The summed E-state index contributed by atoms with van der Waals surface area (Å²) in [6, 6.07) is 13.5. The van der Waals surface area contributed by atoms with Gasteiger partial charge in [-0.15, -0.1) is 0 Å². The zero-order chi connectivity index (χ0) is 20.5. The van der Waals surface area contributed by atoms with Crippen LogP contribution in [0.4, 0.5) is 5.69 Å². The number of halogens is 2. The van der Waals surface area contributed by atoms with Crippen LogP contribution in [0.1, 0.15) is 12.5 Å². The van der Waals surface area contributed by atoms with Crippen LogP contribution < -0.4 is 10.1 Å². The Bertz CT molecular complexity index is 953. The Hall–Kier alpha value is -2.82. The van der Waals surface area contributed by atoms with E-state index in [1.165, 1.54) is 6.08 Å². The van der Waals surface area contributed by atoms with Gasteiger partial charge < -0.3 is 14.8 Å². The maximum atomic E-state index is 12.4. The molecule has 0 saturated carbocycles. The Morgan fingerprint density at radius 1 is 1.29 bits per heavy atom. The summed E-state index contributed by atoms with van der Waals surface area (Å²) in [7, 11) is 0. The molecule has 0 unspecified atom stereocenters. The van der Waals surface area contributed by atoms with Gasteiger partial charge in [0.2, 0.25) is 0 Å². The van der Waals surface area contributed by atoms with E-state index in [0.717, 1.165) is 4.47 Å². The average Bonchev–Trinajstić information content (AvgIpc) is 2.65. The Morgan fingerprint density at radius 2 is 2.07 bits per heavy atom. The number of amides is 1. The van der Waals surface area contributed by atoms with E-state index in [1.807, 2.05) is 6.07 Å². The van der Waals surface area contributed by atoms with E-state index in [0.29, 0.717) is 22.0 Å². The molecule has 1 N–H and O–H groups in total. The first kappa shape index (κ1) is 21.5. The highest BCUT2D eigenvalue weighted by atomic mass is 79.9. The van der Waals surface area contributed by atoms with Gasteiger partial charge in [0, 0.05) is 20.7 Å². The molecule has 144 valence electrons. The van der Waals surface area contributed by atoms with E-state index >= 15 is 0 Å². The van der Waals surface area contributed by atoms with Crippen LogP contribution >= 0.6 is 27.5 Å². The largest absolute Gasteiger partial charge is 0.481 e. The molecule has 0 aliphatic rings. The van der Waals surface area contributed by atoms with Gasteiger partial charge >= 0.3 is 5.97 Å². The fourth-order valence-corrected chi connectivity index (χ4v) is 2.74. The molecule has 0 heterocycles. The van der Waals surface area contributed by atoms with Gasteiger partial charge in [-0.05, 0) is 49.4 Å². The Kier molecular flexibility index (Phi) is 8.05. The molecule has 0 saturated heterocycles. The Labute approximate surface area is 175 Å². The molecule has 8 heteroatoms. The first-order chi connectivity index (χ1) is 13.4. The molecule has 2 aromatic carbocycles. The maximum absolute atomic E-state index is 12.4. The van der Waals surface area contributed by atoms with Crippen molar-refractivity contribution in [1.29, 1.82) is 5.26 Å². The lowest BCUT2D eigenvalue weighted by Gasteiger charge is -2.10. The lowest BCUT2D eigenvalue weighted by atomic mass is 10.1. The van der Waals surface area contributed by atoms with E-state index in [4.69, 9.17) is 21.1 Å². The van der Waals surface area contributed by atoms with Crippen molar-refractivity contribution < 1.29 is 19.1 Å². The average molecular weight is 464 g/mol. The molecular weight excluding hydrogens is 448 g/mol. The van der Waals surface area contributed by atoms with Crippen molar-refractivity contribution in [3.8, 4) is 11.8 Å². The number of carbonyl (C=O) groups is 2. The van der Waals surface area contributed by atoms with Crippen molar-refractivity contribution in [3.05, 3.63) is 63.1 Å². The van der Waals surface area contributed by atoms with E-state index in [1.54, 1.807) is 49.4 Å². The lowest BCUT2D eigenvalue weighted by Crippen LogP contribution is -2.15. The van der Waals surface area contributed by atoms with Crippen LogP contribution in [0, 0.1) is 11.3 Å². The number of hydrogen-bond donors (Lipinski definition) is 1. The molecule has 2 rings (SSSR count). The summed E-state index contributed by atoms with van der Waals surface area (Å²) in [4.78, 5) is 23.9. The van der Waals surface area contributed by atoms with Gasteiger partial charge in [-0.1, -0.05) is 33.6 Å². The monoisotopic (exact) mass is 462 g/mol. The number of nitriles is 1. The fourth-order valence-electron chi connectivity index (χ4n) is 2.17. The SMILES string of the molecule is CCOC(=O)COc1ccc(Br)cc1/C=C(\C#N)C(=O)Nc1cccc(Cl)c1. The van der Waals surface area contributed by atoms with Crippen LogP contribution in [0.5, 0.6) is 5.75 Å². The zero-order valence-corrected chi connectivity index (χ0v) is 17.2. The third-order valence-electron chi connectivity index (χ3n) is 3.37. The zero-order valence-electron chi connectivity index (χ0n) is 14.9. The van der Waals surface area contributed by atoms with Gasteiger partial charge in [0.15, 0.2) is 6.61 Å². The number of esters is 1. The molecule has 6 nitrogen and oxygen atoms in total. The summed E-state index contributed by atoms with van der Waals surface area (Å²) >= 11 is 9.24. The molecule has 0 bridgehead atoms. The number of anilines is 1. The van der Waals surface area contributed by atoms with Crippen molar-refractivity contribution >= 4 is 51.2 Å². The van der Waals surface area contributed by atoms with Gasteiger partial charge in [0.05, 0.1) is 6.61 Å². The topological polar surface area (TPSA) is 88.4 Å². The van der Waals surface area contributed by atoms with Gasteiger partial charge in [-0.3, -0.25) is 4.79 Å². The summed E-state index contributed by atoms with van der Waals surface area (Å²) in [5.74, 6) is -0.778. The smallest absolute Gasteiger partial charge is 0.344 e. The second kappa shape index (κ2) is 10.5. The summed E-state index contributed by atoms with van der Waals surface area (Å²) in [5.41, 5.74) is 0.780. The van der Waals surface area contributed by atoms with Gasteiger partial charge in [0.1, 0.15) is 17.4 Å². The van der Waals surface area contributed by atoms with Crippen LogP contribution in [0.15, 0.2) is 52.5 Å². The molecule has 2 aromatic rings. The number of nitrogens with zero attached hydrogens (tertiary/aromatic N) is 1. The summed E-state index contributed by atoms with van der Waals surface area (Å²) in [5, 5.41) is 12.5. The Balaban J connectivity index is 2.24. The van der Waals surface area contributed by atoms with Crippen LogP contribution in [0.25, 0.3) is 6.08 Å². The third-order valence-corrected chi connectivity index (χ3v) is 4.10. The van der Waals surface area contributed by atoms with Crippen molar-refractivity contribution in [3.63, 3.8) is 0 Å². The van der Waals surface area contributed by atoms with Crippen LogP contribution in [-0.2, 0) is 14.3 Å². The maximum Gasteiger partial charge on any atom is 0.344 e. The van der Waals surface area contributed by atoms with Gasteiger partial charge in [-0.2, -0.15) is 5.26 Å². The number of hydrogen-bond acceptors (Lipinski definition) is 5. The minimum atomic E-state index is -0.596. The highest BCUT2D eigenvalue weighted by molar-refractivity contribution is 9.10. The lowest BCUT2D eigenvalue weighted by molar-refractivity contribution is -0.145. The van der Waals surface area contributed by atoms with Gasteiger partial charge in [-0.25, -0.2) is 4.79 Å². The molecule has 0 atom stereocenters. The molecular formula is C20H16BrClN2O4. The number of benzene rings is 2. The first-order valence-corrected chi connectivity index (χ1v) is 9.36. The molecule has 0 aromatic heterocycles. The van der Waals surface area contributed by atoms with Crippen LogP contribution in [-0.4, -0.2) is 25.1 Å². The number of carbonyl (C=O) groups excluding carboxylic acids is 2. The molecule has 28 heavy (non-hydrogen) atoms. The number of nitrogens with one attached hydrogen (secondary N) is 1. The van der Waals surface area contributed by atoms with E-state index < -0.39 is 11.9 Å². The van der Waals surface area contributed by atoms with E-state index in [9.17, 15) is 14.9 Å². The Morgan fingerprint density at radius 3 is 2.75 bits per heavy atom. The highest BCUT2D eigenvalue weighted by Crippen LogP contribution is 2.26. The van der Waals surface area contributed by atoms with Crippen molar-refractivity contribution in [1.82, 2.24) is 0 Å². The second-order valence-electron chi connectivity index (χ2n) is 5.41. The quantitative estimate of drug-likeness (QED) is 0.368. The molecule has 0 aliphatic heterocycles. The molecule has 0 spiro atoms. The second-order valence-corrected chi connectivity index (χ2v) is 6.76. The number of rotatable bonds is 7. The third kappa shape index (κ3) is 6.41.